The number of nitrogens with one attached hydrogen (secondary N) is 1. The molecule has 9 nitrogen and oxygen atoms in total. The topological polar surface area (TPSA) is 109 Å². The van der Waals surface area contributed by atoms with Crippen LogP contribution in [-0.2, 0) is 16.0 Å². The summed E-state index contributed by atoms with van der Waals surface area (Å²) in [6, 6.07) is 7.69. The Hall–Kier alpha value is -2.08. The standard InChI is InChI=1S/C23H35N5O4.HI/c1-4-31-23(30)27-11-9-20(10-12-27)26-22(24)25-13-18-5-7-19(8-6-18)21(29)28-14-16(2)32-17(3)15-28;/h5-8,16-17,20H,4,9-15H2,1-3H3,(H3,24,25,26);1H. The lowest BCUT2D eigenvalue weighted by molar-refractivity contribution is -0.0586. The van der Waals surface area contributed by atoms with Crippen LogP contribution >= 0.6 is 24.0 Å². The Morgan fingerprint density at radius 2 is 1.73 bits per heavy atom. The van der Waals surface area contributed by atoms with Crippen molar-refractivity contribution in [2.75, 3.05) is 32.8 Å². The number of piperidine rings is 1. The van der Waals surface area contributed by atoms with Gasteiger partial charge in [0.15, 0.2) is 5.96 Å². The molecule has 0 spiro atoms. The van der Waals surface area contributed by atoms with Crippen molar-refractivity contribution in [3.63, 3.8) is 0 Å². The van der Waals surface area contributed by atoms with Crippen molar-refractivity contribution in [1.82, 2.24) is 15.1 Å². The van der Waals surface area contributed by atoms with E-state index in [-0.39, 0.29) is 54.2 Å². The van der Waals surface area contributed by atoms with Gasteiger partial charge in [0.25, 0.3) is 5.91 Å². The monoisotopic (exact) mass is 573 g/mol. The first-order valence-electron chi connectivity index (χ1n) is 11.4. The SMILES string of the molecule is CCOC(=O)N1CCC(NC(N)=NCc2ccc(C(=O)N3CC(C)OC(C)C3)cc2)CC1.I. The number of amides is 2. The predicted octanol–water partition coefficient (Wildman–Crippen LogP) is 2.58. The van der Waals surface area contributed by atoms with Gasteiger partial charge in [-0.15, -0.1) is 24.0 Å². The zero-order valence-corrected chi connectivity index (χ0v) is 22.0. The number of ether oxygens (including phenoxy) is 2. The van der Waals surface area contributed by atoms with E-state index >= 15 is 0 Å². The van der Waals surface area contributed by atoms with Crippen molar-refractivity contribution >= 4 is 41.9 Å². The predicted molar refractivity (Wildman–Crippen MR) is 138 cm³/mol. The number of nitrogens with two attached hydrogens (primary N) is 1. The second-order valence-corrected chi connectivity index (χ2v) is 8.47. The molecule has 184 valence electrons. The van der Waals surface area contributed by atoms with Crippen LogP contribution in [0.1, 0.15) is 49.5 Å². The summed E-state index contributed by atoms with van der Waals surface area (Å²) in [4.78, 5) is 32.5. The van der Waals surface area contributed by atoms with E-state index in [0.717, 1.165) is 18.4 Å². The fourth-order valence-electron chi connectivity index (χ4n) is 4.13. The number of nitrogens with zero attached hydrogens (tertiary/aromatic N) is 3. The molecule has 0 aliphatic carbocycles. The summed E-state index contributed by atoms with van der Waals surface area (Å²) in [6.45, 7) is 9.09. The van der Waals surface area contributed by atoms with E-state index in [1.54, 1.807) is 11.8 Å². The summed E-state index contributed by atoms with van der Waals surface area (Å²) in [5.41, 5.74) is 7.70. The Labute approximate surface area is 213 Å². The van der Waals surface area contributed by atoms with E-state index < -0.39 is 0 Å². The lowest BCUT2D eigenvalue weighted by atomic mass is 10.1. The number of hydrogen-bond donors (Lipinski definition) is 2. The number of guanidine groups is 1. The van der Waals surface area contributed by atoms with E-state index in [1.807, 2.05) is 43.0 Å². The number of carbonyl (C=O) groups excluding carboxylic acids is 2. The molecule has 2 aliphatic heterocycles. The Balaban J connectivity index is 0.00000385. The molecule has 0 bridgehead atoms. The first kappa shape index (κ1) is 27.2. The minimum absolute atomic E-state index is 0. The Morgan fingerprint density at radius 3 is 2.30 bits per heavy atom. The zero-order chi connectivity index (χ0) is 23.1. The fraction of sp³-hybridized carbons (Fsp3) is 0.609. The van der Waals surface area contributed by atoms with Gasteiger partial charge in [-0.25, -0.2) is 9.79 Å². The van der Waals surface area contributed by atoms with Gasteiger partial charge in [0, 0.05) is 37.8 Å². The van der Waals surface area contributed by atoms with Crippen molar-refractivity contribution in [1.29, 1.82) is 0 Å². The number of hydrogen-bond acceptors (Lipinski definition) is 5. The highest BCUT2D eigenvalue weighted by molar-refractivity contribution is 14.0. The molecule has 3 rings (SSSR count). The Kier molecular flexibility index (Phi) is 10.7. The Morgan fingerprint density at radius 1 is 1.12 bits per heavy atom. The largest absolute Gasteiger partial charge is 0.450 e. The minimum Gasteiger partial charge on any atom is -0.450 e. The summed E-state index contributed by atoms with van der Waals surface area (Å²) in [7, 11) is 0. The highest BCUT2D eigenvalue weighted by Crippen LogP contribution is 2.15. The molecule has 2 aliphatic rings. The van der Waals surface area contributed by atoms with Gasteiger partial charge in [-0.05, 0) is 51.3 Å². The van der Waals surface area contributed by atoms with Crippen LogP contribution in [0.15, 0.2) is 29.3 Å². The van der Waals surface area contributed by atoms with Crippen LogP contribution in [0.5, 0.6) is 0 Å². The molecule has 2 heterocycles. The summed E-state index contributed by atoms with van der Waals surface area (Å²) in [6.07, 6.45) is 1.43. The molecular formula is C23H36IN5O4. The van der Waals surface area contributed by atoms with Crippen molar-refractivity contribution in [3.8, 4) is 0 Å². The number of morpholine rings is 1. The van der Waals surface area contributed by atoms with Crippen molar-refractivity contribution < 1.29 is 19.1 Å². The third kappa shape index (κ3) is 8.02. The van der Waals surface area contributed by atoms with Gasteiger partial charge >= 0.3 is 6.09 Å². The fourth-order valence-corrected chi connectivity index (χ4v) is 4.13. The smallest absolute Gasteiger partial charge is 0.409 e. The molecule has 2 saturated heterocycles. The van der Waals surface area contributed by atoms with Crippen LogP contribution in [0.2, 0.25) is 0 Å². The quantitative estimate of drug-likeness (QED) is 0.319. The van der Waals surface area contributed by atoms with Crippen molar-refractivity contribution in [2.45, 2.75) is 58.4 Å². The normalized spacial score (nSPS) is 21.8. The molecular weight excluding hydrogens is 537 g/mol. The third-order valence-corrected chi connectivity index (χ3v) is 5.71. The van der Waals surface area contributed by atoms with Gasteiger partial charge in [0.2, 0.25) is 0 Å². The van der Waals surface area contributed by atoms with E-state index in [1.165, 1.54) is 0 Å². The average Bonchev–Trinajstić information content (AvgIpc) is 2.77. The molecule has 2 unspecified atom stereocenters. The van der Waals surface area contributed by atoms with Crippen molar-refractivity contribution in [2.24, 2.45) is 10.7 Å². The lowest BCUT2D eigenvalue weighted by Crippen LogP contribution is -2.48. The number of rotatable bonds is 5. The number of halogens is 1. The molecule has 0 radical (unpaired) electrons. The van der Waals surface area contributed by atoms with Gasteiger partial charge in [0.1, 0.15) is 0 Å². The number of benzene rings is 1. The summed E-state index contributed by atoms with van der Waals surface area (Å²) in [5.74, 6) is 0.411. The number of carbonyl (C=O) groups is 2. The molecule has 10 heteroatoms. The second-order valence-electron chi connectivity index (χ2n) is 8.47. The number of aliphatic imine (C=N–C) groups is 1. The molecule has 33 heavy (non-hydrogen) atoms. The van der Waals surface area contributed by atoms with E-state index in [0.29, 0.717) is 50.9 Å². The van der Waals surface area contributed by atoms with E-state index in [9.17, 15) is 9.59 Å². The van der Waals surface area contributed by atoms with Gasteiger partial charge < -0.3 is 30.3 Å². The van der Waals surface area contributed by atoms with Gasteiger partial charge in [0.05, 0.1) is 25.4 Å². The average molecular weight is 573 g/mol. The van der Waals surface area contributed by atoms with Crippen LogP contribution in [0.3, 0.4) is 0 Å². The first-order valence-corrected chi connectivity index (χ1v) is 11.4. The van der Waals surface area contributed by atoms with Crippen molar-refractivity contribution in [3.05, 3.63) is 35.4 Å². The van der Waals surface area contributed by atoms with Crippen LogP contribution in [-0.4, -0.2) is 78.8 Å². The molecule has 3 N–H and O–H groups in total. The van der Waals surface area contributed by atoms with E-state index in [4.69, 9.17) is 15.2 Å². The number of likely N-dealkylation sites (tertiary alicyclic amines) is 1. The maximum Gasteiger partial charge on any atom is 0.409 e. The Bertz CT molecular complexity index is 802. The summed E-state index contributed by atoms with van der Waals surface area (Å²) >= 11 is 0. The van der Waals surface area contributed by atoms with Crippen LogP contribution < -0.4 is 11.1 Å². The lowest BCUT2D eigenvalue weighted by Gasteiger charge is -2.35. The molecule has 2 atom stereocenters. The van der Waals surface area contributed by atoms with Gasteiger partial charge in [-0.3, -0.25) is 4.79 Å². The molecule has 2 amide bonds. The van der Waals surface area contributed by atoms with Crippen LogP contribution in [0.25, 0.3) is 0 Å². The minimum atomic E-state index is -0.257. The molecule has 0 saturated carbocycles. The maximum atomic E-state index is 12.8. The molecule has 2 fully saturated rings. The molecule has 0 aromatic heterocycles. The first-order chi connectivity index (χ1) is 15.4. The van der Waals surface area contributed by atoms with Gasteiger partial charge in [-0.2, -0.15) is 0 Å². The molecule has 1 aromatic rings. The van der Waals surface area contributed by atoms with E-state index in [2.05, 4.69) is 10.3 Å². The third-order valence-electron chi connectivity index (χ3n) is 5.71. The highest BCUT2D eigenvalue weighted by Gasteiger charge is 2.26. The summed E-state index contributed by atoms with van der Waals surface area (Å²) < 4.78 is 10.7. The van der Waals surface area contributed by atoms with Crippen LogP contribution in [0, 0.1) is 0 Å². The molecule has 1 aromatic carbocycles. The highest BCUT2D eigenvalue weighted by atomic mass is 127. The maximum absolute atomic E-state index is 12.8. The van der Waals surface area contributed by atoms with Crippen LogP contribution in [0.4, 0.5) is 4.79 Å². The zero-order valence-electron chi connectivity index (χ0n) is 19.7. The van der Waals surface area contributed by atoms with Gasteiger partial charge in [-0.1, -0.05) is 12.1 Å². The second kappa shape index (κ2) is 13.0. The summed E-state index contributed by atoms with van der Waals surface area (Å²) in [5, 5.41) is 3.24.